The predicted octanol–water partition coefficient (Wildman–Crippen LogP) is 23.2. The molecule has 0 aliphatic carbocycles. The van der Waals surface area contributed by atoms with Crippen molar-refractivity contribution in [1.29, 1.82) is 0 Å². The zero-order valence-electron chi connectivity index (χ0n) is 52.1. The summed E-state index contributed by atoms with van der Waals surface area (Å²) >= 11 is 0. The minimum absolute atomic E-state index is 0.0877. The molecule has 0 radical (unpaired) electrons. The molecular weight excluding hydrogens is 973 g/mol. The Hall–Kier alpha value is -3.67. The molecule has 0 spiro atoms. The third-order valence-corrected chi connectivity index (χ3v) is 14.5. The highest BCUT2D eigenvalue weighted by Crippen LogP contribution is 2.17. The Morgan fingerprint density at radius 3 is 0.797 bits per heavy atom. The molecule has 0 saturated carbocycles. The van der Waals surface area contributed by atoms with Crippen LogP contribution in [0.25, 0.3) is 0 Å². The summed E-state index contributed by atoms with van der Waals surface area (Å²) in [6, 6.07) is 0. The zero-order valence-corrected chi connectivity index (χ0v) is 52.1. The van der Waals surface area contributed by atoms with Gasteiger partial charge in [-0.15, -0.1) is 0 Å². The Morgan fingerprint density at radius 2 is 0.494 bits per heavy atom. The molecule has 0 aromatic heterocycles. The van der Waals surface area contributed by atoms with Crippen molar-refractivity contribution >= 4 is 17.9 Å². The van der Waals surface area contributed by atoms with Crippen LogP contribution in [0.3, 0.4) is 0 Å². The van der Waals surface area contributed by atoms with Crippen LogP contribution in [0.15, 0.2) is 97.2 Å². The van der Waals surface area contributed by atoms with Crippen molar-refractivity contribution in [1.82, 2.24) is 0 Å². The number of rotatable bonds is 61. The Morgan fingerprint density at radius 1 is 0.266 bits per heavy atom. The van der Waals surface area contributed by atoms with Crippen molar-refractivity contribution in [3.05, 3.63) is 97.2 Å². The van der Waals surface area contributed by atoms with Crippen LogP contribution in [-0.4, -0.2) is 37.2 Å². The minimum atomic E-state index is -0.794. The van der Waals surface area contributed by atoms with Gasteiger partial charge in [-0.05, 0) is 122 Å². The average Bonchev–Trinajstić information content (AvgIpc) is 3.45. The summed E-state index contributed by atoms with van der Waals surface area (Å²) in [5, 5.41) is 0. The second-order valence-corrected chi connectivity index (χ2v) is 22.3. The van der Waals surface area contributed by atoms with Crippen molar-refractivity contribution in [2.75, 3.05) is 13.2 Å². The zero-order chi connectivity index (χ0) is 57.1. The number of ether oxygens (including phenoxy) is 3. The number of carbonyl (C=O) groups is 3. The summed E-state index contributed by atoms with van der Waals surface area (Å²) < 4.78 is 16.9. The lowest BCUT2D eigenvalue weighted by Crippen LogP contribution is -2.30. The quantitative estimate of drug-likeness (QED) is 0.0261. The molecule has 0 aromatic rings. The van der Waals surface area contributed by atoms with Gasteiger partial charge in [-0.3, -0.25) is 14.4 Å². The van der Waals surface area contributed by atoms with Crippen LogP contribution in [0.2, 0.25) is 0 Å². The van der Waals surface area contributed by atoms with Gasteiger partial charge in [0.15, 0.2) is 6.10 Å². The molecule has 1 unspecified atom stereocenters. The number of esters is 3. The van der Waals surface area contributed by atoms with E-state index in [0.717, 1.165) is 135 Å². The van der Waals surface area contributed by atoms with E-state index in [9.17, 15) is 14.4 Å². The maximum Gasteiger partial charge on any atom is 0.306 e. The van der Waals surface area contributed by atoms with Gasteiger partial charge in [0.2, 0.25) is 0 Å². The van der Waals surface area contributed by atoms with Crippen LogP contribution in [0, 0.1) is 0 Å². The molecule has 0 aromatic carbocycles. The standard InChI is InChI=1S/C73H126O6/c1-4-7-10-13-16-19-22-25-28-29-30-31-32-33-34-35-36-37-38-39-40-41-42-43-46-48-51-54-57-60-63-66-72(75)78-69-70(79-73(76)67-64-61-58-55-52-49-45-27-24-21-18-15-12-9-6-3)68-77-71(74)65-62-59-56-53-50-47-44-26-23-20-17-14-11-8-5-2/h9,12,17-18,20-22,25-27,29-30,32-33,44-45,70H,4-8,10-11,13-16,19,23-24,28,31,34-43,46-69H2,1-3H3/b12-9-,20-17-,21-18-,25-22-,30-29-,33-32-,44-26-,45-27-. The van der Waals surface area contributed by atoms with Gasteiger partial charge < -0.3 is 14.2 Å². The second-order valence-electron chi connectivity index (χ2n) is 22.3. The van der Waals surface area contributed by atoms with E-state index >= 15 is 0 Å². The van der Waals surface area contributed by atoms with E-state index < -0.39 is 6.10 Å². The molecule has 0 fully saturated rings. The van der Waals surface area contributed by atoms with Crippen molar-refractivity contribution in [3.63, 3.8) is 0 Å². The van der Waals surface area contributed by atoms with Gasteiger partial charge in [-0.2, -0.15) is 0 Å². The number of hydrogen-bond acceptors (Lipinski definition) is 6. The van der Waals surface area contributed by atoms with E-state index in [0.29, 0.717) is 19.3 Å². The van der Waals surface area contributed by atoms with Gasteiger partial charge >= 0.3 is 17.9 Å². The Labute approximate surface area is 489 Å². The van der Waals surface area contributed by atoms with Gasteiger partial charge in [-0.25, -0.2) is 0 Å². The van der Waals surface area contributed by atoms with E-state index in [2.05, 4.69) is 118 Å². The monoisotopic (exact) mass is 1100 g/mol. The van der Waals surface area contributed by atoms with Crippen LogP contribution >= 0.6 is 0 Å². The maximum absolute atomic E-state index is 12.9. The van der Waals surface area contributed by atoms with Crippen LogP contribution in [0.1, 0.15) is 329 Å². The molecule has 79 heavy (non-hydrogen) atoms. The van der Waals surface area contributed by atoms with E-state index in [1.165, 1.54) is 154 Å². The van der Waals surface area contributed by atoms with Gasteiger partial charge in [0, 0.05) is 19.3 Å². The third-order valence-electron chi connectivity index (χ3n) is 14.5. The third kappa shape index (κ3) is 65.0. The Kier molecular flexibility index (Phi) is 63.7. The normalized spacial score (nSPS) is 12.7. The molecule has 1 atom stereocenters. The minimum Gasteiger partial charge on any atom is -0.462 e. The molecule has 0 N–H and O–H groups in total. The lowest BCUT2D eigenvalue weighted by Gasteiger charge is -2.18. The van der Waals surface area contributed by atoms with Crippen molar-refractivity contribution < 1.29 is 28.6 Å². The molecule has 6 heteroatoms. The largest absolute Gasteiger partial charge is 0.462 e. The lowest BCUT2D eigenvalue weighted by atomic mass is 10.0. The van der Waals surface area contributed by atoms with E-state index in [1.54, 1.807) is 0 Å². The fourth-order valence-corrected chi connectivity index (χ4v) is 9.50. The van der Waals surface area contributed by atoms with Gasteiger partial charge in [0.05, 0.1) is 0 Å². The lowest BCUT2D eigenvalue weighted by molar-refractivity contribution is -0.167. The molecular formula is C73H126O6. The van der Waals surface area contributed by atoms with E-state index in [1.807, 2.05) is 0 Å². The highest BCUT2D eigenvalue weighted by molar-refractivity contribution is 5.71. The molecule has 0 amide bonds. The first-order valence-corrected chi connectivity index (χ1v) is 33.7. The Balaban J connectivity index is 4.23. The average molecular weight is 1100 g/mol. The van der Waals surface area contributed by atoms with Crippen LogP contribution in [0.5, 0.6) is 0 Å². The first kappa shape index (κ1) is 75.3. The molecule has 0 rings (SSSR count). The van der Waals surface area contributed by atoms with Crippen molar-refractivity contribution in [2.24, 2.45) is 0 Å². The number of carbonyl (C=O) groups excluding carboxylic acids is 3. The van der Waals surface area contributed by atoms with Crippen molar-refractivity contribution in [3.8, 4) is 0 Å². The molecule has 6 nitrogen and oxygen atoms in total. The maximum atomic E-state index is 12.9. The van der Waals surface area contributed by atoms with Crippen molar-refractivity contribution in [2.45, 2.75) is 335 Å². The molecule has 0 aliphatic heterocycles. The van der Waals surface area contributed by atoms with Gasteiger partial charge in [0.25, 0.3) is 0 Å². The molecule has 0 bridgehead atoms. The molecule has 454 valence electrons. The smallest absolute Gasteiger partial charge is 0.306 e. The van der Waals surface area contributed by atoms with Gasteiger partial charge in [-0.1, -0.05) is 285 Å². The number of allylic oxidation sites excluding steroid dienone is 16. The summed E-state index contributed by atoms with van der Waals surface area (Å²) in [5.41, 5.74) is 0. The first-order valence-electron chi connectivity index (χ1n) is 33.7. The summed E-state index contributed by atoms with van der Waals surface area (Å²) in [6.45, 7) is 6.49. The summed E-state index contributed by atoms with van der Waals surface area (Å²) in [5.74, 6) is -0.909. The first-order chi connectivity index (χ1) is 39.0. The number of unbranched alkanes of at least 4 members (excludes halogenated alkanes) is 34. The highest BCUT2D eigenvalue weighted by Gasteiger charge is 2.19. The topological polar surface area (TPSA) is 78.9 Å². The Bertz CT molecular complexity index is 1540. The summed E-state index contributed by atoms with van der Waals surface area (Å²) in [6.07, 6.45) is 90.0. The summed E-state index contributed by atoms with van der Waals surface area (Å²) in [4.78, 5) is 38.3. The highest BCUT2D eigenvalue weighted by atomic mass is 16.6. The van der Waals surface area contributed by atoms with Crippen LogP contribution in [0.4, 0.5) is 0 Å². The predicted molar refractivity (Wildman–Crippen MR) is 344 cm³/mol. The van der Waals surface area contributed by atoms with Crippen LogP contribution in [-0.2, 0) is 28.6 Å². The van der Waals surface area contributed by atoms with E-state index in [4.69, 9.17) is 14.2 Å². The van der Waals surface area contributed by atoms with Gasteiger partial charge in [0.1, 0.15) is 13.2 Å². The summed E-state index contributed by atoms with van der Waals surface area (Å²) in [7, 11) is 0. The number of hydrogen-bond donors (Lipinski definition) is 0. The fourth-order valence-electron chi connectivity index (χ4n) is 9.50. The van der Waals surface area contributed by atoms with E-state index in [-0.39, 0.29) is 31.1 Å². The molecule has 0 aliphatic rings. The molecule has 0 saturated heterocycles. The molecule has 0 heterocycles. The second kappa shape index (κ2) is 66.8. The SMILES string of the molecule is CC/C=C\C/C=C\C/C=C\CCCCCCCC(=O)OC(COC(=O)CCCCCCC/C=C\C/C=C\CCCCC)COC(=O)CCCCCCCCCCCCCCCCCC/C=C\C/C=C\C/C=C\CCCCCCC. The van der Waals surface area contributed by atoms with Crippen LogP contribution < -0.4 is 0 Å². The fraction of sp³-hybridized carbons (Fsp3) is 0.740.